The molecule has 4 aliphatic rings. The molecule has 7 rings (SSSR count). The Hall–Kier alpha value is -3.08. The van der Waals surface area contributed by atoms with E-state index in [4.69, 9.17) is 9.47 Å². The number of amides is 1. The van der Waals surface area contributed by atoms with Crippen molar-refractivity contribution >= 4 is 12.0 Å². The van der Waals surface area contributed by atoms with Crippen LogP contribution in [0.4, 0.5) is 0 Å². The van der Waals surface area contributed by atoms with E-state index in [9.17, 15) is 20.3 Å². The van der Waals surface area contributed by atoms with E-state index in [2.05, 4.69) is 27.3 Å². The molecule has 1 amide bonds. The molecule has 0 aromatic heterocycles. The fraction of sp³-hybridized carbons (Fsp3) is 0.371. The van der Waals surface area contributed by atoms with Crippen molar-refractivity contribution in [3.05, 3.63) is 87.0 Å². The second-order valence-corrected chi connectivity index (χ2v) is 12.3. The summed E-state index contributed by atoms with van der Waals surface area (Å²) in [5.74, 6) is 1.22. The molecule has 3 aromatic carbocycles. The Kier molecular flexibility index (Phi) is 8.69. The van der Waals surface area contributed by atoms with Crippen LogP contribution in [0.15, 0.2) is 42.5 Å². The number of hydrogen-bond acceptors (Lipinski definition) is 8. The van der Waals surface area contributed by atoms with E-state index >= 15 is 0 Å². The van der Waals surface area contributed by atoms with Crippen LogP contribution < -0.4 is 14.8 Å². The number of aryl methyl sites for hydroxylation is 1. The van der Waals surface area contributed by atoms with Gasteiger partial charge in [-0.25, -0.2) is 0 Å². The van der Waals surface area contributed by atoms with Crippen LogP contribution in [-0.2, 0) is 17.6 Å². The van der Waals surface area contributed by atoms with Crippen LogP contribution in [0.1, 0.15) is 56.6 Å². The van der Waals surface area contributed by atoms with E-state index in [1.165, 1.54) is 6.08 Å². The molecular weight excluding hydrogens is 783 g/mol. The zero-order chi connectivity index (χ0) is 30.9. The standard InChI is InChI=1S/C35H36N4O5.Ac/c1-18-12-22-13-24-26(15-36)39-25(31(38(24)4)29(22)33(42)19(18)2)14-23-30(35-34(43-17-44-35)20(3)32(23)41)27(39)16-37-28(40)11-10-21-8-6-5-7-9-21;/h5-12,24-27,31,41-42H,13-14,16-17H2,1-4H3,(H,37,40);/b11-10+;/t24-,25?,26-,27-,31-;/m0./s1. The molecule has 10 heteroatoms. The van der Waals surface area contributed by atoms with E-state index in [0.29, 0.717) is 35.7 Å². The van der Waals surface area contributed by atoms with Gasteiger partial charge < -0.3 is 25.0 Å². The number of likely N-dealkylation sites (N-methyl/N-ethyl adjacent to an activating group) is 1. The zero-order valence-electron chi connectivity index (χ0n) is 25.9. The first-order valence-electron chi connectivity index (χ1n) is 15.1. The molecule has 5 atom stereocenters. The van der Waals surface area contributed by atoms with Crippen molar-refractivity contribution in [3.8, 4) is 29.1 Å². The van der Waals surface area contributed by atoms with Crippen LogP contribution >= 0.6 is 0 Å². The van der Waals surface area contributed by atoms with Crippen LogP contribution in [0.3, 0.4) is 0 Å². The maximum atomic E-state index is 13.1. The summed E-state index contributed by atoms with van der Waals surface area (Å²) in [6.07, 6.45) is 4.32. The van der Waals surface area contributed by atoms with Gasteiger partial charge in [0.2, 0.25) is 12.7 Å². The number of carbonyl (C=O) groups is 1. The SMILES string of the molecule is Cc1cc2c(c(O)c1C)[C@@H]1C3Cc4c(O)c(C)c5c(c4[C@H](CNC(=O)/C=C/c4ccccc4)N3[C@@H](C#N)[C@H](C2)N1C)OCO5.[Ac]. The summed E-state index contributed by atoms with van der Waals surface area (Å²) in [4.78, 5) is 17.6. The van der Waals surface area contributed by atoms with Crippen molar-refractivity contribution in [3.63, 3.8) is 0 Å². The Labute approximate surface area is 299 Å². The predicted molar refractivity (Wildman–Crippen MR) is 165 cm³/mol. The molecule has 0 spiro atoms. The van der Waals surface area contributed by atoms with Crippen molar-refractivity contribution in [1.82, 2.24) is 15.1 Å². The Balaban J connectivity index is 0.00000357. The van der Waals surface area contributed by atoms with Crippen LogP contribution in [0.2, 0.25) is 0 Å². The summed E-state index contributed by atoms with van der Waals surface area (Å²) in [6.45, 7) is 5.97. The van der Waals surface area contributed by atoms with Gasteiger partial charge in [0.25, 0.3) is 0 Å². The minimum absolute atomic E-state index is 0. The molecule has 0 aliphatic carbocycles. The molecule has 4 aliphatic heterocycles. The smallest absolute Gasteiger partial charge is 0.244 e. The second-order valence-electron chi connectivity index (χ2n) is 12.3. The molecule has 1 saturated heterocycles. The van der Waals surface area contributed by atoms with Crippen LogP contribution in [0.25, 0.3) is 6.08 Å². The first-order chi connectivity index (χ1) is 21.2. The predicted octanol–water partition coefficient (Wildman–Crippen LogP) is 4.35. The molecule has 0 saturated carbocycles. The molecule has 2 bridgehead atoms. The van der Waals surface area contributed by atoms with Crippen molar-refractivity contribution in [1.29, 1.82) is 5.26 Å². The van der Waals surface area contributed by atoms with Gasteiger partial charge in [0.05, 0.1) is 18.2 Å². The number of nitriles is 1. The molecule has 3 aromatic rings. The van der Waals surface area contributed by atoms with E-state index < -0.39 is 12.1 Å². The van der Waals surface area contributed by atoms with Crippen LogP contribution in [0.5, 0.6) is 23.0 Å². The third-order valence-electron chi connectivity index (χ3n) is 10.2. The second kappa shape index (κ2) is 12.3. The molecule has 1 unspecified atom stereocenters. The molecule has 4 heterocycles. The number of phenols is 2. The van der Waals surface area contributed by atoms with Gasteiger partial charge in [0, 0.05) is 91.0 Å². The van der Waals surface area contributed by atoms with Crippen molar-refractivity contribution in [2.24, 2.45) is 0 Å². The number of fused-ring (bicyclic) bond motifs is 9. The number of carbonyl (C=O) groups excluding carboxylic acids is 1. The molecule has 229 valence electrons. The van der Waals surface area contributed by atoms with Crippen molar-refractivity contribution in [2.75, 3.05) is 20.4 Å². The summed E-state index contributed by atoms with van der Waals surface area (Å²) in [7, 11) is 2.03. The van der Waals surface area contributed by atoms with Gasteiger partial charge in [0.1, 0.15) is 17.5 Å². The minimum Gasteiger partial charge on any atom is -0.507 e. The Morgan fingerprint density at radius 2 is 1.78 bits per heavy atom. The third kappa shape index (κ3) is 5.04. The van der Waals surface area contributed by atoms with E-state index in [-0.39, 0.29) is 87.2 Å². The molecular formula is C35H36AcN4O5. The summed E-state index contributed by atoms with van der Waals surface area (Å²) >= 11 is 0. The normalized spacial score (nSPS) is 24.6. The van der Waals surface area contributed by atoms with Crippen LogP contribution in [-0.4, -0.2) is 64.4 Å². The summed E-state index contributed by atoms with van der Waals surface area (Å²) in [5, 5.41) is 36.9. The Morgan fingerprint density at radius 1 is 1.04 bits per heavy atom. The van der Waals surface area contributed by atoms with E-state index in [1.807, 2.05) is 58.2 Å². The first-order valence-corrected chi connectivity index (χ1v) is 15.1. The fourth-order valence-corrected chi connectivity index (χ4v) is 7.90. The topological polar surface area (TPSA) is 118 Å². The van der Waals surface area contributed by atoms with Gasteiger partial charge in [0.15, 0.2) is 11.5 Å². The van der Waals surface area contributed by atoms with Gasteiger partial charge in [-0.3, -0.25) is 14.6 Å². The maximum Gasteiger partial charge on any atom is 0.244 e. The number of rotatable bonds is 4. The first kappa shape index (κ1) is 31.9. The molecule has 1 radical (unpaired) electrons. The Bertz CT molecular complexity index is 1750. The molecule has 3 N–H and O–H groups in total. The summed E-state index contributed by atoms with van der Waals surface area (Å²) < 4.78 is 11.8. The zero-order valence-corrected chi connectivity index (χ0v) is 30.6. The van der Waals surface area contributed by atoms with E-state index in [0.717, 1.165) is 38.9 Å². The number of benzene rings is 3. The van der Waals surface area contributed by atoms with Crippen molar-refractivity contribution < 1.29 is 68.5 Å². The monoisotopic (exact) mass is 819 g/mol. The number of piperazine rings is 1. The number of aromatic hydroxyl groups is 2. The Morgan fingerprint density at radius 3 is 2.51 bits per heavy atom. The number of nitrogens with one attached hydrogen (secondary N) is 1. The number of ether oxygens (including phenoxy) is 2. The van der Waals surface area contributed by atoms with Gasteiger partial charge in [-0.15, -0.1) is 0 Å². The number of nitrogens with zero attached hydrogens (tertiary/aromatic N) is 3. The van der Waals surface area contributed by atoms with Gasteiger partial charge >= 0.3 is 0 Å². The average Bonchev–Trinajstić information content (AvgIpc) is 3.51. The largest absolute Gasteiger partial charge is 0.507 e. The van der Waals surface area contributed by atoms with Gasteiger partial charge in [-0.1, -0.05) is 36.4 Å². The molecule has 9 nitrogen and oxygen atoms in total. The fourth-order valence-electron chi connectivity index (χ4n) is 7.90. The van der Waals surface area contributed by atoms with Gasteiger partial charge in [-0.2, -0.15) is 5.26 Å². The maximum absolute atomic E-state index is 13.1. The molecule has 45 heavy (non-hydrogen) atoms. The van der Waals surface area contributed by atoms with E-state index in [1.54, 1.807) is 6.08 Å². The summed E-state index contributed by atoms with van der Waals surface area (Å²) in [6, 6.07) is 12.7. The third-order valence-corrected chi connectivity index (χ3v) is 10.2. The minimum atomic E-state index is -0.519. The van der Waals surface area contributed by atoms with Crippen LogP contribution in [0, 0.1) is 76.2 Å². The molecule has 1 fully saturated rings. The quantitative estimate of drug-likeness (QED) is 0.333. The number of hydrogen-bond donors (Lipinski definition) is 3. The summed E-state index contributed by atoms with van der Waals surface area (Å²) in [5.41, 5.74) is 6.80. The number of phenolic OH excluding ortho intramolecular Hbond substituents is 2. The average molecular weight is 820 g/mol. The van der Waals surface area contributed by atoms with Crippen molar-refractivity contribution in [2.45, 2.75) is 63.8 Å². The van der Waals surface area contributed by atoms with Gasteiger partial charge in [-0.05, 0) is 69.0 Å².